The van der Waals surface area contributed by atoms with Crippen LogP contribution in [0.15, 0.2) is 24.3 Å². The van der Waals surface area contributed by atoms with Crippen LogP contribution in [-0.4, -0.2) is 18.5 Å². The second-order valence-electron chi connectivity index (χ2n) is 3.80. The lowest BCUT2D eigenvalue weighted by molar-refractivity contribution is -0.147. The molecule has 1 aromatic carbocycles. The van der Waals surface area contributed by atoms with Crippen molar-refractivity contribution >= 4 is 11.9 Å². The van der Waals surface area contributed by atoms with E-state index in [-0.39, 0.29) is 5.91 Å². The summed E-state index contributed by atoms with van der Waals surface area (Å²) in [6, 6.07) is 6.68. The monoisotopic (exact) mass is 235 g/mol. The number of carbonyl (C=O) groups excluding carboxylic acids is 2. The molecule has 1 atom stereocenters. The van der Waals surface area contributed by atoms with E-state index < -0.39 is 12.0 Å². The molecule has 0 aliphatic rings. The van der Waals surface area contributed by atoms with Gasteiger partial charge in [-0.1, -0.05) is 29.8 Å². The lowest BCUT2D eigenvalue weighted by Crippen LogP contribution is -2.33. The standard InChI is InChI=1S/C13H17NO3/c1-4-17-13(16)12(14-10(3)15)11-7-5-9(2)6-8-11/h5-8,12H,4H2,1-3H3,(H,14,15). The smallest absolute Gasteiger partial charge is 0.333 e. The van der Waals surface area contributed by atoms with Gasteiger partial charge in [0.15, 0.2) is 6.04 Å². The first-order valence-electron chi connectivity index (χ1n) is 5.55. The molecule has 0 spiro atoms. The molecular weight excluding hydrogens is 218 g/mol. The fourth-order valence-corrected chi connectivity index (χ4v) is 1.47. The van der Waals surface area contributed by atoms with E-state index >= 15 is 0 Å². The summed E-state index contributed by atoms with van der Waals surface area (Å²) in [6.07, 6.45) is 0. The van der Waals surface area contributed by atoms with E-state index in [9.17, 15) is 9.59 Å². The van der Waals surface area contributed by atoms with E-state index in [0.717, 1.165) is 11.1 Å². The minimum Gasteiger partial charge on any atom is -0.464 e. The van der Waals surface area contributed by atoms with Crippen molar-refractivity contribution in [1.29, 1.82) is 0 Å². The molecule has 4 heteroatoms. The number of esters is 1. The predicted octanol–water partition coefficient (Wildman–Crippen LogP) is 1.74. The Morgan fingerprint density at radius 1 is 1.29 bits per heavy atom. The number of carbonyl (C=O) groups is 2. The third kappa shape index (κ3) is 3.90. The number of aryl methyl sites for hydroxylation is 1. The van der Waals surface area contributed by atoms with Crippen LogP contribution in [0.2, 0.25) is 0 Å². The highest BCUT2D eigenvalue weighted by Crippen LogP contribution is 2.15. The average Bonchev–Trinajstić information content (AvgIpc) is 2.27. The molecule has 1 rings (SSSR count). The van der Waals surface area contributed by atoms with Crippen LogP contribution in [0.1, 0.15) is 31.0 Å². The molecule has 0 aliphatic heterocycles. The molecule has 17 heavy (non-hydrogen) atoms. The average molecular weight is 235 g/mol. The summed E-state index contributed by atoms with van der Waals surface area (Å²) in [4.78, 5) is 22.8. The Kier molecular flexibility index (Phi) is 4.69. The number of amides is 1. The molecule has 0 fully saturated rings. The molecular formula is C13H17NO3. The second kappa shape index (κ2) is 6.03. The summed E-state index contributed by atoms with van der Waals surface area (Å²) in [5, 5.41) is 2.59. The van der Waals surface area contributed by atoms with Gasteiger partial charge in [-0.15, -0.1) is 0 Å². The van der Waals surface area contributed by atoms with Gasteiger partial charge in [0.05, 0.1) is 6.61 Å². The maximum absolute atomic E-state index is 11.7. The summed E-state index contributed by atoms with van der Waals surface area (Å²) >= 11 is 0. The third-order valence-electron chi connectivity index (χ3n) is 2.28. The van der Waals surface area contributed by atoms with Crippen molar-refractivity contribution in [2.45, 2.75) is 26.8 Å². The van der Waals surface area contributed by atoms with E-state index in [2.05, 4.69) is 5.32 Å². The number of hydrogen-bond acceptors (Lipinski definition) is 3. The largest absolute Gasteiger partial charge is 0.464 e. The van der Waals surface area contributed by atoms with Gasteiger partial charge in [0.2, 0.25) is 5.91 Å². The van der Waals surface area contributed by atoms with Gasteiger partial charge < -0.3 is 10.1 Å². The first-order chi connectivity index (χ1) is 8.04. The number of benzene rings is 1. The molecule has 1 amide bonds. The van der Waals surface area contributed by atoms with Crippen LogP contribution in [0.3, 0.4) is 0 Å². The van der Waals surface area contributed by atoms with Crippen LogP contribution in [-0.2, 0) is 14.3 Å². The van der Waals surface area contributed by atoms with Crippen LogP contribution in [0.25, 0.3) is 0 Å². The van der Waals surface area contributed by atoms with Gasteiger partial charge in [0, 0.05) is 6.92 Å². The Balaban J connectivity index is 2.92. The Bertz CT molecular complexity index is 398. The zero-order chi connectivity index (χ0) is 12.8. The second-order valence-corrected chi connectivity index (χ2v) is 3.80. The summed E-state index contributed by atoms with van der Waals surface area (Å²) in [7, 11) is 0. The lowest BCUT2D eigenvalue weighted by Gasteiger charge is -2.16. The SMILES string of the molecule is CCOC(=O)C(NC(C)=O)c1ccc(C)cc1. The van der Waals surface area contributed by atoms with Crippen molar-refractivity contribution in [3.05, 3.63) is 35.4 Å². The normalized spacial score (nSPS) is 11.7. The van der Waals surface area contributed by atoms with Crippen molar-refractivity contribution in [3.8, 4) is 0 Å². The fraction of sp³-hybridized carbons (Fsp3) is 0.385. The first-order valence-corrected chi connectivity index (χ1v) is 5.55. The molecule has 0 aromatic heterocycles. The van der Waals surface area contributed by atoms with Gasteiger partial charge in [0.25, 0.3) is 0 Å². The summed E-state index contributed by atoms with van der Waals surface area (Å²) in [6.45, 7) is 5.36. The Morgan fingerprint density at radius 3 is 2.35 bits per heavy atom. The zero-order valence-corrected chi connectivity index (χ0v) is 10.3. The van der Waals surface area contributed by atoms with Crippen molar-refractivity contribution in [2.24, 2.45) is 0 Å². The molecule has 0 saturated heterocycles. The Hall–Kier alpha value is -1.84. The highest BCUT2D eigenvalue weighted by atomic mass is 16.5. The molecule has 0 heterocycles. The van der Waals surface area contributed by atoms with Gasteiger partial charge in [-0.05, 0) is 19.4 Å². The highest BCUT2D eigenvalue weighted by Gasteiger charge is 2.22. The summed E-state index contributed by atoms with van der Waals surface area (Å²) < 4.78 is 4.94. The number of rotatable bonds is 4. The van der Waals surface area contributed by atoms with Crippen molar-refractivity contribution in [1.82, 2.24) is 5.32 Å². The zero-order valence-electron chi connectivity index (χ0n) is 10.3. The molecule has 0 aliphatic carbocycles. The van der Waals surface area contributed by atoms with Crippen molar-refractivity contribution in [2.75, 3.05) is 6.61 Å². The van der Waals surface area contributed by atoms with Crippen LogP contribution in [0, 0.1) is 6.92 Å². The quantitative estimate of drug-likeness (QED) is 0.809. The Labute approximate surface area is 101 Å². The van der Waals surface area contributed by atoms with Crippen molar-refractivity contribution < 1.29 is 14.3 Å². The number of hydrogen-bond donors (Lipinski definition) is 1. The number of nitrogens with one attached hydrogen (secondary N) is 1. The van der Waals surface area contributed by atoms with E-state index in [4.69, 9.17) is 4.74 Å². The number of ether oxygens (including phenoxy) is 1. The maximum Gasteiger partial charge on any atom is 0.333 e. The van der Waals surface area contributed by atoms with Crippen molar-refractivity contribution in [3.63, 3.8) is 0 Å². The van der Waals surface area contributed by atoms with Gasteiger partial charge in [-0.2, -0.15) is 0 Å². The topological polar surface area (TPSA) is 55.4 Å². The fourth-order valence-electron chi connectivity index (χ4n) is 1.47. The first kappa shape index (κ1) is 13.2. The van der Waals surface area contributed by atoms with E-state index in [1.165, 1.54) is 6.92 Å². The molecule has 1 aromatic rings. The molecule has 1 N–H and O–H groups in total. The minimum atomic E-state index is -0.729. The van der Waals surface area contributed by atoms with Crippen LogP contribution >= 0.6 is 0 Å². The molecule has 0 saturated carbocycles. The summed E-state index contributed by atoms with van der Waals surface area (Å²) in [5.74, 6) is -0.699. The molecule has 0 radical (unpaired) electrons. The molecule has 4 nitrogen and oxygen atoms in total. The van der Waals surface area contributed by atoms with E-state index in [0.29, 0.717) is 6.61 Å². The molecule has 92 valence electrons. The van der Waals surface area contributed by atoms with Gasteiger partial charge in [0.1, 0.15) is 0 Å². The Morgan fingerprint density at radius 2 is 1.88 bits per heavy atom. The van der Waals surface area contributed by atoms with Gasteiger partial charge in [-0.3, -0.25) is 4.79 Å². The van der Waals surface area contributed by atoms with Gasteiger partial charge in [-0.25, -0.2) is 4.79 Å². The predicted molar refractivity (Wildman–Crippen MR) is 64.4 cm³/mol. The maximum atomic E-state index is 11.7. The van der Waals surface area contributed by atoms with Crippen LogP contribution in [0.4, 0.5) is 0 Å². The highest BCUT2D eigenvalue weighted by molar-refractivity contribution is 5.84. The van der Waals surface area contributed by atoms with Crippen LogP contribution in [0.5, 0.6) is 0 Å². The van der Waals surface area contributed by atoms with Gasteiger partial charge >= 0.3 is 5.97 Å². The van der Waals surface area contributed by atoms with E-state index in [1.54, 1.807) is 6.92 Å². The van der Waals surface area contributed by atoms with Crippen LogP contribution < -0.4 is 5.32 Å². The third-order valence-corrected chi connectivity index (χ3v) is 2.28. The summed E-state index contributed by atoms with van der Waals surface area (Å²) in [5.41, 5.74) is 1.82. The van der Waals surface area contributed by atoms with E-state index in [1.807, 2.05) is 31.2 Å². The molecule has 1 unspecified atom stereocenters. The lowest BCUT2D eigenvalue weighted by atomic mass is 10.1. The minimum absolute atomic E-state index is 0.261. The molecule has 0 bridgehead atoms.